The number of nitro groups is 2. The number of pyridine rings is 2. The van der Waals surface area contributed by atoms with Gasteiger partial charge in [-0.15, -0.1) is 0 Å². The van der Waals surface area contributed by atoms with Crippen molar-refractivity contribution in [2.45, 2.75) is 82.1 Å². The van der Waals surface area contributed by atoms with E-state index in [0.29, 0.717) is 52.6 Å². The number of benzene rings is 2. The lowest BCUT2D eigenvalue weighted by Crippen LogP contribution is -2.39. The van der Waals surface area contributed by atoms with Crippen molar-refractivity contribution in [1.82, 2.24) is 45.2 Å². The fraction of sp³-hybridized carbons (Fsp3) is 0.271. The number of nitrogens with zero attached hydrogens (tertiary/aromatic N) is 8. The van der Waals surface area contributed by atoms with Crippen LogP contribution in [0.1, 0.15) is 67.5 Å². The number of H-pyrrole nitrogens is 2. The van der Waals surface area contributed by atoms with Crippen molar-refractivity contribution in [3.05, 3.63) is 152 Å². The second-order valence-corrected chi connectivity index (χ2v) is 17.5. The first kappa shape index (κ1) is 48.0. The fourth-order valence-corrected chi connectivity index (χ4v) is 8.86. The Morgan fingerprint density at radius 3 is 1.68 bits per heavy atom. The largest absolute Gasteiger partial charge is 0.360 e. The molecular formula is C48H48Cl2N14O5. The number of rotatable bonds is 12. The molecule has 0 amide bonds. The van der Waals surface area contributed by atoms with Gasteiger partial charge in [-0.1, -0.05) is 59.6 Å². The average molecular weight is 972 g/mol. The lowest BCUT2D eigenvalue weighted by Gasteiger charge is -2.30. The maximum absolute atomic E-state index is 10.8. The minimum atomic E-state index is -0.568. The Morgan fingerprint density at radius 2 is 1.17 bits per heavy atom. The third kappa shape index (κ3) is 12.4. The monoisotopic (exact) mass is 970 g/mol. The Morgan fingerprint density at radius 1 is 0.652 bits per heavy atom. The van der Waals surface area contributed by atoms with Crippen LogP contribution in [-0.4, -0.2) is 80.2 Å². The molecule has 0 saturated heterocycles. The zero-order valence-electron chi connectivity index (χ0n) is 37.1. The molecule has 10 rings (SSSR count). The molecule has 6 aromatic heterocycles. The van der Waals surface area contributed by atoms with Gasteiger partial charge in [0.2, 0.25) is 11.9 Å². The Bertz CT molecular complexity index is 3040. The number of hydrogen-bond acceptors (Lipinski definition) is 15. The highest BCUT2D eigenvalue weighted by Crippen LogP contribution is 2.34. The van der Waals surface area contributed by atoms with E-state index in [4.69, 9.17) is 33.9 Å². The summed E-state index contributed by atoms with van der Waals surface area (Å²) in [6, 6.07) is 23.0. The molecule has 2 fully saturated rings. The van der Waals surface area contributed by atoms with Crippen molar-refractivity contribution < 1.29 is 14.6 Å². The standard InChI is InChI=1S/C24H24ClN7O2.C18H20ClN5.C6H4N2O3/c25-21-14-29-24(31-23(21)20-13-28-22-7-2-1-6-19(20)22)30-16-5-3-4-15(10-16)26-11-17-8-9-18(12-27-17)32(33)34;19-15-10-22-18(23-12-5-3-4-11(20)8-12)24-17(15)14-9-21-16-7-2-1-6-13(14)16;9-4-5-1-2-6(3-7-5)8(10)11/h1-2,6-9,12-16,26,28H,3-5,10-11H2,(H,29,30,31);1-2,6-7,9-12,21H,3-5,8,20H2,(H,22,23,24);1-4H/t15-,16+;11-,12+;/m00./s1. The number of fused-ring (bicyclic) bond motifs is 2. The Balaban J connectivity index is 0.000000158. The quantitative estimate of drug-likeness (QED) is 0.0377. The van der Waals surface area contributed by atoms with Crippen LogP contribution in [0.25, 0.3) is 44.3 Å². The van der Waals surface area contributed by atoms with Crippen molar-refractivity contribution in [1.29, 1.82) is 0 Å². The molecule has 0 unspecified atom stereocenters. The third-order valence-corrected chi connectivity index (χ3v) is 12.5. The molecule has 2 aliphatic rings. The summed E-state index contributed by atoms with van der Waals surface area (Å²) in [6.45, 7) is 0.567. The first-order chi connectivity index (χ1) is 33.5. The van der Waals surface area contributed by atoms with E-state index in [1.165, 1.54) is 24.4 Å². The molecule has 4 atom stereocenters. The topological polar surface area (TPSA) is 274 Å². The van der Waals surface area contributed by atoms with Gasteiger partial charge >= 0.3 is 0 Å². The smallest absolute Gasteiger partial charge is 0.287 e. The number of aromatic amines is 2. The van der Waals surface area contributed by atoms with Gasteiger partial charge in [0.1, 0.15) is 18.1 Å². The van der Waals surface area contributed by atoms with E-state index >= 15 is 0 Å². The molecular weight excluding hydrogens is 924 g/mol. The summed E-state index contributed by atoms with van der Waals surface area (Å²) < 4.78 is 0. The number of hydrogen-bond donors (Lipinski definition) is 6. The molecule has 0 spiro atoms. The Labute approximate surface area is 405 Å². The summed E-state index contributed by atoms with van der Waals surface area (Å²) in [6.07, 6.45) is 18.4. The van der Waals surface area contributed by atoms with Gasteiger partial charge in [-0.2, -0.15) is 0 Å². The van der Waals surface area contributed by atoms with Crippen molar-refractivity contribution in [2.24, 2.45) is 5.73 Å². The number of nitrogens with two attached hydrogens (primary N) is 1. The van der Waals surface area contributed by atoms with E-state index in [1.807, 2.05) is 54.9 Å². The van der Waals surface area contributed by atoms with Gasteiger partial charge in [-0.3, -0.25) is 30.0 Å². The molecule has 7 N–H and O–H groups in total. The van der Waals surface area contributed by atoms with Crippen molar-refractivity contribution in [2.75, 3.05) is 10.6 Å². The number of halogens is 2. The Hall–Kier alpha value is -7.45. The van der Waals surface area contributed by atoms with Gasteiger partial charge in [0.25, 0.3) is 11.4 Å². The van der Waals surface area contributed by atoms with Crippen LogP contribution in [0.15, 0.2) is 110 Å². The molecule has 21 heteroatoms. The minimum Gasteiger partial charge on any atom is -0.360 e. The summed E-state index contributed by atoms with van der Waals surface area (Å²) in [7, 11) is 0. The van der Waals surface area contributed by atoms with Gasteiger partial charge < -0.3 is 31.7 Å². The van der Waals surface area contributed by atoms with Crippen LogP contribution in [0, 0.1) is 20.2 Å². The molecule has 6 heterocycles. The molecule has 0 aliphatic heterocycles. The molecule has 8 aromatic rings. The molecule has 0 bridgehead atoms. The molecule has 69 heavy (non-hydrogen) atoms. The second kappa shape index (κ2) is 22.6. The second-order valence-electron chi connectivity index (χ2n) is 16.7. The van der Waals surface area contributed by atoms with Crippen LogP contribution in [-0.2, 0) is 6.54 Å². The average Bonchev–Trinajstić information content (AvgIpc) is 4.00. The number of aldehydes is 1. The molecule has 2 aromatic carbocycles. The SMILES string of the molecule is N[C@H]1CCC[C@@H](Nc2ncc(Cl)c(-c3c[nH]c4ccccc34)n2)C1.O=Cc1ccc([N+](=O)[O-])cn1.O=[N+]([O-])c1ccc(CN[C@H]2CCC[C@@H](Nc3ncc(Cl)c(-c4c[nH]c5ccccc45)n3)C2)nc1. The highest BCUT2D eigenvalue weighted by Gasteiger charge is 2.24. The van der Waals surface area contributed by atoms with Crippen LogP contribution in [0.5, 0.6) is 0 Å². The molecule has 2 aliphatic carbocycles. The maximum atomic E-state index is 10.8. The third-order valence-electron chi connectivity index (χ3n) is 11.9. The zero-order valence-corrected chi connectivity index (χ0v) is 38.6. The predicted octanol–water partition coefficient (Wildman–Crippen LogP) is 9.86. The lowest BCUT2D eigenvalue weighted by atomic mass is 9.91. The number of anilines is 2. The summed E-state index contributed by atoms with van der Waals surface area (Å²) >= 11 is 12.8. The van der Waals surface area contributed by atoms with Crippen LogP contribution >= 0.6 is 23.2 Å². The molecule has 2 saturated carbocycles. The highest BCUT2D eigenvalue weighted by molar-refractivity contribution is 6.33. The van der Waals surface area contributed by atoms with Crippen molar-refractivity contribution >= 4 is 74.6 Å². The van der Waals surface area contributed by atoms with Gasteiger partial charge in [-0.05, 0) is 75.6 Å². The fourth-order valence-electron chi connectivity index (χ4n) is 8.47. The van der Waals surface area contributed by atoms with E-state index in [0.717, 1.165) is 102 Å². The molecule has 0 radical (unpaired) electrons. The molecule has 354 valence electrons. The highest BCUT2D eigenvalue weighted by atomic mass is 35.5. The summed E-state index contributed by atoms with van der Waals surface area (Å²) in [5, 5.41) is 34.5. The number of carbonyl (C=O) groups excluding carboxylic acids is 1. The number of aromatic nitrogens is 8. The van der Waals surface area contributed by atoms with E-state index in [2.05, 4.69) is 56.9 Å². The number of para-hydroxylation sites is 2. The van der Waals surface area contributed by atoms with Crippen LogP contribution in [0.3, 0.4) is 0 Å². The number of nitrogens with one attached hydrogen (secondary N) is 5. The van der Waals surface area contributed by atoms with E-state index < -0.39 is 9.85 Å². The van der Waals surface area contributed by atoms with Gasteiger partial charge in [0.15, 0.2) is 6.29 Å². The van der Waals surface area contributed by atoms with Crippen LogP contribution in [0.2, 0.25) is 10.0 Å². The minimum absolute atomic E-state index is 0.000603. The Kier molecular flexibility index (Phi) is 15.7. The van der Waals surface area contributed by atoms with Crippen molar-refractivity contribution in [3.63, 3.8) is 0 Å². The summed E-state index contributed by atoms with van der Waals surface area (Å²) in [5.74, 6) is 1.17. The van der Waals surface area contributed by atoms with E-state index in [1.54, 1.807) is 18.5 Å². The first-order valence-electron chi connectivity index (χ1n) is 22.4. The number of carbonyl (C=O) groups is 1. The summed E-state index contributed by atoms with van der Waals surface area (Å²) in [4.78, 5) is 62.3. The van der Waals surface area contributed by atoms with Crippen LogP contribution in [0.4, 0.5) is 23.3 Å². The normalized spacial score (nSPS) is 17.7. The van der Waals surface area contributed by atoms with Gasteiger partial charge in [0, 0.05) is 88.2 Å². The van der Waals surface area contributed by atoms with E-state index in [9.17, 15) is 25.0 Å². The predicted molar refractivity (Wildman–Crippen MR) is 266 cm³/mol. The van der Waals surface area contributed by atoms with E-state index in [-0.39, 0.29) is 29.2 Å². The zero-order chi connectivity index (χ0) is 48.3. The van der Waals surface area contributed by atoms with Crippen molar-refractivity contribution in [3.8, 4) is 22.5 Å². The first-order valence-corrected chi connectivity index (χ1v) is 23.1. The van der Waals surface area contributed by atoms with Crippen LogP contribution < -0.4 is 21.7 Å². The summed E-state index contributed by atoms with van der Waals surface area (Å²) in [5.41, 5.74) is 12.4. The lowest BCUT2D eigenvalue weighted by molar-refractivity contribution is -0.385. The van der Waals surface area contributed by atoms with Gasteiger partial charge in [-0.25, -0.2) is 24.9 Å². The molecule has 19 nitrogen and oxygen atoms in total. The van der Waals surface area contributed by atoms with Gasteiger partial charge in [0.05, 0.1) is 49.4 Å². The maximum Gasteiger partial charge on any atom is 0.287 e.